The predicted molar refractivity (Wildman–Crippen MR) is 28.6 cm³/mol. The fourth-order valence-electron chi connectivity index (χ4n) is 0.296. The molecule has 2 heteroatoms. The molecule has 0 aromatic heterocycles. The third kappa shape index (κ3) is 1.01. The molecule has 0 amide bonds. The Balaban J connectivity index is 2.26. The first-order valence-electron chi connectivity index (χ1n) is 1.91. The summed E-state index contributed by atoms with van der Waals surface area (Å²) < 4.78 is 3.86. The molecule has 0 bridgehead atoms. The number of nitrogens with zero attached hydrogens (tertiary/aromatic N) is 1. The van der Waals surface area contributed by atoms with E-state index in [1.165, 1.54) is 11.9 Å². The summed E-state index contributed by atoms with van der Waals surface area (Å²) in [4.78, 5) is 0. The zero-order valence-corrected chi connectivity index (χ0v) is 4.16. The molecule has 1 heterocycles. The van der Waals surface area contributed by atoms with Gasteiger partial charge in [0.05, 0.1) is 5.75 Å². The van der Waals surface area contributed by atoms with Crippen LogP contribution in [0, 0.1) is 5.75 Å². The van der Waals surface area contributed by atoms with E-state index in [9.17, 15) is 0 Å². The van der Waals surface area contributed by atoms with Gasteiger partial charge in [-0.2, -0.15) is 0 Å². The fourth-order valence-corrected chi connectivity index (χ4v) is 0.760. The van der Waals surface area contributed by atoms with E-state index in [4.69, 9.17) is 0 Å². The van der Waals surface area contributed by atoms with Crippen molar-refractivity contribution in [2.75, 3.05) is 0 Å². The van der Waals surface area contributed by atoms with E-state index in [1.54, 1.807) is 0 Å². The van der Waals surface area contributed by atoms with Gasteiger partial charge in [-0.1, -0.05) is 0 Å². The SMILES string of the molecule is [C]1CCC=NS1. The van der Waals surface area contributed by atoms with Gasteiger partial charge in [-0.15, -0.1) is 0 Å². The van der Waals surface area contributed by atoms with Gasteiger partial charge < -0.3 is 0 Å². The molecule has 0 N–H and O–H groups in total. The van der Waals surface area contributed by atoms with Crippen LogP contribution >= 0.6 is 11.9 Å². The smallest absolute Gasteiger partial charge is 0.0740 e. The van der Waals surface area contributed by atoms with Gasteiger partial charge >= 0.3 is 0 Å². The highest BCUT2D eigenvalue weighted by Crippen LogP contribution is 2.14. The van der Waals surface area contributed by atoms with Crippen molar-refractivity contribution in [2.24, 2.45) is 4.40 Å². The van der Waals surface area contributed by atoms with Crippen LogP contribution in [0.4, 0.5) is 0 Å². The maximum atomic E-state index is 3.86. The second-order valence-electron chi connectivity index (χ2n) is 1.06. The van der Waals surface area contributed by atoms with Gasteiger partial charge in [-0.05, 0) is 24.8 Å². The maximum Gasteiger partial charge on any atom is 0.0740 e. The maximum absolute atomic E-state index is 3.86. The summed E-state index contributed by atoms with van der Waals surface area (Å²) in [5.74, 6) is 3.00. The summed E-state index contributed by atoms with van der Waals surface area (Å²) in [6, 6.07) is 0. The third-order valence-corrected chi connectivity index (χ3v) is 1.15. The van der Waals surface area contributed by atoms with Crippen LogP contribution in [0.25, 0.3) is 0 Å². The highest BCUT2D eigenvalue weighted by Gasteiger charge is 1.90. The molecule has 1 aliphatic heterocycles. The lowest BCUT2D eigenvalue weighted by atomic mass is 10.4. The molecule has 0 aromatic rings. The zero-order valence-electron chi connectivity index (χ0n) is 3.35. The van der Waals surface area contributed by atoms with E-state index < -0.39 is 0 Å². The molecule has 1 aliphatic rings. The van der Waals surface area contributed by atoms with Crippen LogP contribution in [0.3, 0.4) is 0 Å². The Bertz CT molecular complexity index is 52.6. The molecular formula is C4H5NS. The van der Waals surface area contributed by atoms with E-state index in [2.05, 4.69) is 10.2 Å². The highest BCUT2D eigenvalue weighted by molar-refractivity contribution is 8.00. The summed E-state index contributed by atoms with van der Waals surface area (Å²) in [5, 5.41) is 0. The Hall–Kier alpha value is 0.0200. The van der Waals surface area contributed by atoms with Crippen LogP contribution in [-0.2, 0) is 0 Å². The number of hydrogen-bond donors (Lipinski definition) is 0. The minimum absolute atomic E-state index is 1.06. The Labute approximate surface area is 42.0 Å². The van der Waals surface area contributed by atoms with Crippen molar-refractivity contribution in [3.05, 3.63) is 5.75 Å². The first-order valence-corrected chi connectivity index (χ1v) is 2.68. The molecule has 0 aromatic carbocycles. The molecule has 1 nitrogen and oxygen atoms in total. The van der Waals surface area contributed by atoms with E-state index in [0.717, 1.165) is 12.8 Å². The summed E-state index contributed by atoms with van der Waals surface area (Å²) in [6.07, 6.45) is 4.06. The van der Waals surface area contributed by atoms with Crippen molar-refractivity contribution in [1.82, 2.24) is 0 Å². The average Bonchev–Trinajstić information content (AvgIpc) is 1.72. The van der Waals surface area contributed by atoms with Crippen LogP contribution in [-0.4, -0.2) is 6.21 Å². The molecule has 0 aliphatic carbocycles. The van der Waals surface area contributed by atoms with Crippen molar-refractivity contribution in [2.45, 2.75) is 12.8 Å². The Morgan fingerprint density at radius 2 is 2.83 bits per heavy atom. The van der Waals surface area contributed by atoms with Gasteiger partial charge in [0, 0.05) is 6.21 Å². The summed E-state index contributed by atoms with van der Waals surface area (Å²) >= 11 is 1.41. The highest BCUT2D eigenvalue weighted by atomic mass is 32.2. The van der Waals surface area contributed by atoms with Crippen LogP contribution in [0.2, 0.25) is 0 Å². The van der Waals surface area contributed by atoms with Gasteiger partial charge in [-0.25, -0.2) is 4.40 Å². The molecule has 32 valence electrons. The minimum atomic E-state index is 1.06. The molecule has 0 unspecified atom stereocenters. The normalized spacial score (nSPS) is 21.3. The van der Waals surface area contributed by atoms with Crippen molar-refractivity contribution in [3.63, 3.8) is 0 Å². The van der Waals surface area contributed by atoms with Crippen LogP contribution in [0.5, 0.6) is 0 Å². The molecule has 0 saturated carbocycles. The molecular weight excluding hydrogens is 94.1 g/mol. The van der Waals surface area contributed by atoms with Crippen molar-refractivity contribution < 1.29 is 0 Å². The number of hydrogen-bond acceptors (Lipinski definition) is 2. The van der Waals surface area contributed by atoms with Gasteiger partial charge in [-0.3, -0.25) is 0 Å². The Kier molecular flexibility index (Phi) is 1.56. The molecule has 0 saturated heterocycles. The van der Waals surface area contributed by atoms with Gasteiger partial charge in [0.25, 0.3) is 0 Å². The molecule has 6 heavy (non-hydrogen) atoms. The first-order chi connectivity index (χ1) is 3.00. The van der Waals surface area contributed by atoms with E-state index in [-0.39, 0.29) is 0 Å². The van der Waals surface area contributed by atoms with E-state index in [1.807, 2.05) is 6.21 Å². The predicted octanol–water partition coefficient (Wildman–Crippen LogP) is 1.54. The monoisotopic (exact) mass is 99.0 g/mol. The third-order valence-electron chi connectivity index (χ3n) is 0.567. The van der Waals surface area contributed by atoms with Crippen LogP contribution in [0.15, 0.2) is 4.40 Å². The lowest BCUT2D eigenvalue weighted by Gasteiger charge is -1.94. The summed E-state index contributed by atoms with van der Waals surface area (Å²) in [5.41, 5.74) is 0. The van der Waals surface area contributed by atoms with E-state index >= 15 is 0 Å². The molecule has 0 spiro atoms. The lowest BCUT2D eigenvalue weighted by molar-refractivity contribution is 1.09. The average molecular weight is 99.2 g/mol. The Morgan fingerprint density at radius 1 is 1.83 bits per heavy atom. The van der Waals surface area contributed by atoms with Gasteiger partial charge in [0.1, 0.15) is 0 Å². The van der Waals surface area contributed by atoms with Crippen molar-refractivity contribution in [3.8, 4) is 0 Å². The van der Waals surface area contributed by atoms with Crippen molar-refractivity contribution in [1.29, 1.82) is 0 Å². The largest absolute Gasteiger partial charge is 0.228 e. The summed E-state index contributed by atoms with van der Waals surface area (Å²) in [7, 11) is 0. The topological polar surface area (TPSA) is 12.4 Å². The van der Waals surface area contributed by atoms with Gasteiger partial charge in [0.2, 0.25) is 0 Å². The zero-order chi connectivity index (χ0) is 4.24. The second-order valence-corrected chi connectivity index (χ2v) is 1.74. The molecule has 1 rings (SSSR count). The lowest BCUT2D eigenvalue weighted by Crippen LogP contribution is -1.78. The van der Waals surface area contributed by atoms with E-state index in [0.29, 0.717) is 0 Å². The molecule has 0 fully saturated rings. The standard InChI is InChI=1S/C4H5NS/c1-2-4-6-5-3-1/h3H,1-2H2. The second kappa shape index (κ2) is 2.24. The number of rotatable bonds is 0. The molecule has 2 radical (unpaired) electrons. The molecule has 0 atom stereocenters. The van der Waals surface area contributed by atoms with Crippen molar-refractivity contribution >= 4 is 18.2 Å². The first kappa shape index (κ1) is 4.19. The summed E-state index contributed by atoms with van der Waals surface area (Å²) in [6.45, 7) is 0. The van der Waals surface area contributed by atoms with Crippen LogP contribution in [0.1, 0.15) is 12.8 Å². The van der Waals surface area contributed by atoms with Gasteiger partial charge in [0.15, 0.2) is 0 Å². The fraction of sp³-hybridized carbons (Fsp3) is 0.500. The Morgan fingerprint density at radius 3 is 3.00 bits per heavy atom. The minimum Gasteiger partial charge on any atom is -0.228 e. The quantitative estimate of drug-likeness (QED) is 0.419. The van der Waals surface area contributed by atoms with Crippen LogP contribution < -0.4 is 0 Å².